The fourth-order valence-electron chi connectivity index (χ4n) is 10.7. The Morgan fingerprint density at radius 1 is 0.369 bits per heavy atom. The van der Waals surface area contributed by atoms with E-state index in [1.807, 2.05) is 0 Å². The molecule has 7 aliphatic rings. The molecule has 7 aliphatic heterocycles. The van der Waals surface area contributed by atoms with Crippen LogP contribution in [0.15, 0.2) is 0 Å². The number of amides is 2. The zero-order valence-corrected chi connectivity index (χ0v) is 44.7. The molecule has 0 unspecified atom stereocenters. The van der Waals surface area contributed by atoms with Crippen LogP contribution in [0.4, 0.5) is 0 Å². The Hall–Kier alpha value is -2.42. The molecule has 7 fully saturated rings. The predicted octanol–water partition coefficient (Wildman–Crippen LogP) is -16.0. The van der Waals surface area contributed by atoms with E-state index in [-0.39, 0.29) is 0 Å². The zero-order chi connectivity index (χ0) is 61.9. The van der Waals surface area contributed by atoms with Crippen LogP contribution in [-0.2, 0) is 71.2 Å². The van der Waals surface area contributed by atoms with E-state index in [2.05, 4.69) is 10.6 Å². The molecule has 488 valence electrons. The molecule has 35 atom stereocenters. The van der Waals surface area contributed by atoms with Gasteiger partial charge in [0.15, 0.2) is 44.0 Å². The SMILES string of the molecule is CC(=O)N[C@@H]1[C@@H](O)[C@H](O[C@@H]2O[C@H](CO)[C@@H](O[C@@H]3O[C@H](CO[C@H]4O[C@H](CO)[C@@H](O)[C@H](O[C@H]5O[C@H](CO)[C@@H](O)[C@H](O)[C@@H]5O)[C@@H]4O[C@@H]4O[C@@H]([C@H](O)CO)[C@H](O)[C@H]4O)[C@@H](O)[C@H](O[C@H]4O[C@H](CO)[C@@H](O)[C@H](O)[C@@H]4O)[C@@H]3O)[C@H](O)[C@H]2NC(C)=O)[C@@H](CO)O[C@H]1O. The fraction of sp³-hybridized carbons (Fsp3) is 0.957. The van der Waals surface area contributed by atoms with Crippen LogP contribution < -0.4 is 10.6 Å². The molecule has 0 radical (unpaired) electrons. The molecular formula is C46H78N2O36. The molecule has 0 saturated carbocycles. The highest BCUT2D eigenvalue weighted by molar-refractivity contribution is 5.73. The first-order chi connectivity index (χ1) is 39.7. The Balaban J connectivity index is 1.21. The zero-order valence-electron chi connectivity index (χ0n) is 44.7. The van der Waals surface area contributed by atoms with E-state index in [1.165, 1.54) is 0 Å². The van der Waals surface area contributed by atoms with Crippen molar-refractivity contribution in [3.8, 4) is 0 Å². The second-order valence-corrected chi connectivity index (χ2v) is 21.1. The van der Waals surface area contributed by atoms with Gasteiger partial charge in [0.2, 0.25) is 11.8 Å². The molecule has 0 spiro atoms. The molecule has 0 aromatic carbocycles. The maximum atomic E-state index is 12.7. The van der Waals surface area contributed by atoms with Gasteiger partial charge in [-0.2, -0.15) is 0 Å². The first kappa shape index (κ1) is 69.1. The van der Waals surface area contributed by atoms with E-state index in [0.717, 1.165) is 13.8 Å². The molecule has 7 saturated heterocycles. The van der Waals surface area contributed by atoms with Crippen molar-refractivity contribution in [2.45, 2.75) is 229 Å². The monoisotopic (exact) mass is 1230 g/mol. The van der Waals surface area contributed by atoms with Crippen LogP contribution in [0.5, 0.6) is 0 Å². The standard InChI is InChI=1S/C46H78N2O36/c1-10(55)47-19-25(62)35(16(7-53)73-40(19)71)80-41-20(48-11(2)56)26(63)36(17(8-54)77-41)81-45-33(70)37(82-42-30(67)27(64)21(58)13(4-50)74-42)24(61)18(78-45)9-72-46-39(84-44-32(69)29(66)34(79-44)12(57)3-49)38(23(60)15(6-52)76-46)83-43-31(68)28(65)22(59)14(5-51)75-43/h12-46,49-54,57-71H,3-9H2,1-2H3,(H,47,55)(H,48,56)/t12-,13-,14-,15-,16-,17-,18-,19-,20-,21-,22-,23-,24-,25-,26-,27+,28+,29-,30+,31+,32-,33+,34+,35-,36-,37+,38+,39+,40-,41+,42-,43-,44+,45+,46+/m1/s1. The topological polar surface area (TPSA) is 603 Å². The summed E-state index contributed by atoms with van der Waals surface area (Å²) in [5.41, 5.74) is 0. The highest BCUT2D eigenvalue weighted by Crippen LogP contribution is 2.38. The number of nitrogens with one attached hydrogen (secondary N) is 2. The average Bonchev–Trinajstić information content (AvgIpc) is 1.83. The van der Waals surface area contributed by atoms with Crippen molar-refractivity contribution in [3.05, 3.63) is 0 Å². The third-order valence-electron chi connectivity index (χ3n) is 15.3. The summed E-state index contributed by atoms with van der Waals surface area (Å²) in [4.78, 5) is 24.7. The summed E-state index contributed by atoms with van der Waals surface area (Å²) in [6.07, 6.45) is -65.9. The van der Waals surface area contributed by atoms with Crippen LogP contribution >= 0.6 is 0 Å². The van der Waals surface area contributed by atoms with Gasteiger partial charge in [-0.05, 0) is 0 Å². The quantitative estimate of drug-likeness (QED) is 0.0479. The number of rotatable bonds is 22. The lowest BCUT2D eigenvalue weighted by Gasteiger charge is -2.50. The minimum atomic E-state index is -2.36. The Labute approximate surface area is 475 Å². The molecule has 23 N–H and O–H groups in total. The second kappa shape index (κ2) is 29.9. The minimum Gasteiger partial charge on any atom is -0.394 e. The number of carbonyl (C=O) groups is 2. The van der Waals surface area contributed by atoms with Crippen LogP contribution in [0.3, 0.4) is 0 Å². The van der Waals surface area contributed by atoms with Crippen LogP contribution in [0.2, 0.25) is 0 Å². The highest BCUT2D eigenvalue weighted by Gasteiger charge is 2.59. The molecule has 38 nitrogen and oxygen atoms in total. The van der Waals surface area contributed by atoms with Crippen molar-refractivity contribution in [3.63, 3.8) is 0 Å². The van der Waals surface area contributed by atoms with Gasteiger partial charge in [0, 0.05) is 13.8 Å². The number of aliphatic hydroxyl groups excluding tert-OH is 21. The summed E-state index contributed by atoms with van der Waals surface area (Å²) in [5.74, 6) is -1.61. The molecule has 0 aliphatic carbocycles. The molecular weight excluding hydrogens is 1160 g/mol. The molecule has 84 heavy (non-hydrogen) atoms. The lowest BCUT2D eigenvalue weighted by atomic mass is 9.94. The van der Waals surface area contributed by atoms with Crippen LogP contribution in [-0.4, -0.2) is 380 Å². The third kappa shape index (κ3) is 14.7. The molecule has 2 amide bonds. The van der Waals surface area contributed by atoms with Crippen molar-refractivity contribution >= 4 is 11.8 Å². The molecule has 7 rings (SSSR count). The van der Waals surface area contributed by atoms with E-state index in [9.17, 15) is 117 Å². The lowest BCUT2D eigenvalue weighted by Crippen LogP contribution is -2.70. The van der Waals surface area contributed by atoms with Gasteiger partial charge in [0.25, 0.3) is 0 Å². The fourth-order valence-corrected chi connectivity index (χ4v) is 10.7. The van der Waals surface area contributed by atoms with E-state index in [4.69, 9.17) is 61.6 Å². The lowest BCUT2D eigenvalue weighted by molar-refractivity contribution is -0.392. The molecule has 0 bridgehead atoms. The molecule has 0 aromatic heterocycles. The van der Waals surface area contributed by atoms with Gasteiger partial charge in [-0.25, -0.2) is 0 Å². The van der Waals surface area contributed by atoms with Crippen molar-refractivity contribution in [1.29, 1.82) is 0 Å². The number of carbonyl (C=O) groups excluding carboxylic acids is 2. The van der Waals surface area contributed by atoms with Crippen molar-refractivity contribution in [2.24, 2.45) is 0 Å². The summed E-state index contributed by atoms with van der Waals surface area (Å²) < 4.78 is 75.4. The summed E-state index contributed by atoms with van der Waals surface area (Å²) in [7, 11) is 0. The second-order valence-electron chi connectivity index (χ2n) is 21.1. The van der Waals surface area contributed by atoms with Gasteiger partial charge < -0.3 is 179 Å². The summed E-state index contributed by atoms with van der Waals surface area (Å²) in [6, 6.07) is -3.39. The van der Waals surface area contributed by atoms with Gasteiger partial charge in [-0.3, -0.25) is 9.59 Å². The number of hydrogen-bond acceptors (Lipinski definition) is 36. The van der Waals surface area contributed by atoms with Gasteiger partial charge in [-0.15, -0.1) is 0 Å². The normalized spacial score (nSPS) is 49.7. The Bertz CT molecular complexity index is 2060. The summed E-state index contributed by atoms with van der Waals surface area (Å²) in [5, 5.41) is 231. The number of ether oxygens (including phenoxy) is 13. The van der Waals surface area contributed by atoms with Crippen LogP contribution in [0.1, 0.15) is 13.8 Å². The van der Waals surface area contributed by atoms with Crippen molar-refractivity contribution in [1.82, 2.24) is 10.6 Å². The maximum Gasteiger partial charge on any atom is 0.217 e. The Morgan fingerprint density at radius 3 is 1.27 bits per heavy atom. The first-order valence-electron chi connectivity index (χ1n) is 26.6. The van der Waals surface area contributed by atoms with Gasteiger partial charge in [0.05, 0.1) is 46.2 Å². The van der Waals surface area contributed by atoms with Crippen molar-refractivity contribution < 1.29 is 178 Å². The van der Waals surface area contributed by atoms with Crippen LogP contribution in [0.25, 0.3) is 0 Å². The first-order valence-corrected chi connectivity index (χ1v) is 26.6. The summed E-state index contributed by atoms with van der Waals surface area (Å²) >= 11 is 0. The molecule has 0 aromatic rings. The van der Waals surface area contributed by atoms with Crippen molar-refractivity contribution in [2.75, 3.05) is 46.2 Å². The van der Waals surface area contributed by atoms with Gasteiger partial charge in [0.1, 0.15) is 171 Å². The number of hydrogen-bond donors (Lipinski definition) is 23. The predicted molar refractivity (Wildman–Crippen MR) is 255 cm³/mol. The smallest absolute Gasteiger partial charge is 0.217 e. The number of aliphatic hydroxyl groups is 21. The van der Waals surface area contributed by atoms with E-state index < -0.39 is 273 Å². The Morgan fingerprint density at radius 2 is 0.750 bits per heavy atom. The summed E-state index contributed by atoms with van der Waals surface area (Å²) in [6.45, 7) is -5.15. The maximum absolute atomic E-state index is 12.7. The van der Waals surface area contributed by atoms with E-state index >= 15 is 0 Å². The van der Waals surface area contributed by atoms with Crippen LogP contribution in [0, 0.1) is 0 Å². The van der Waals surface area contributed by atoms with E-state index in [0.29, 0.717) is 0 Å². The van der Waals surface area contributed by atoms with Gasteiger partial charge in [-0.1, -0.05) is 0 Å². The average molecular weight is 1240 g/mol. The minimum absolute atomic E-state index is 0.741. The highest BCUT2D eigenvalue weighted by atomic mass is 16.8. The Kier molecular flexibility index (Phi) is 24.6. The third-order valence-corrected chi connectivity index (χ3v) is 15.3. The van der Waals surface area contributed by atoms with E-state index in [1.54, 1.807) is 0 Å². The van der Waals surface area contributed by atoms with Gasteiger partial charge >= 0.3 is 0 Å². The molecule has 7 heterocycles. The molecule has 38 heteroatoms. The largest absolute Gasteiger partial charge is 0.394 e.